The van der Waals surface area contributed by atoms with E-state index < -0.39 is 9.04 Å². The zero-order valence-electron chi connectivity index (χ0n) is 11.6. The minimum absolute atomic E-state index is 0.534. The van der Waals surface area contributed by atoms with Gasteiger partial charge in [0.1, 0.15) is 0 Å². The maximum absolute atomic E-state index is 6.06. The van der Waals surface area contributed by atoms with Crippen LogP contribution in [0.25, 0.3) is 0 Å². The second-order valence-electron chi connectivity index (χ2n) is 6.01. The standard InChI is InChI=1S/C14H30OSi/c1-4-5-6-7-8-11-14(2,3)16-13-10-9-12-15-16/h16H,4-13H2,1-3H3. The van der Waals surface area contributed by atoms with Gasteiger partial charge in [-0.2, -0.15) is 0 Å². The lowest BCUT2D eigenvalue weighted by Gasteiger charge is -2.35. The third-order valence-electron chi connectivity index (χ3n) is 3.98. The highest BCUT2D eigenvalue weighted by Gasteiger charge is 2.33. The van der Waals surface area contributed by atoms with E-state index in [1.807, 2.05) is 0 Å². The fourth-order valence-electron chi connectivity index (χ4n) is 2.70. The van der Waals surface area contributed by atoms with Crippen LogP contribution in [0.2, 0.25) is 11.1 Å². The van der Waals surface area contributed by atoms with E-state index in [4.69, 9.17) is 4.43 Å². The van der Waals surface area contributed by atoms with Crippen LogP contribution in [0.3, 0.4) is 0 Å². The normalized spacial score (nSPS) is 22.3. The molecule has 1 unspecified atom stereocenters. The molecule has 16 heavy (non-hydrogen) atoms. The highest BCUT2D eigenvalue weighted by molar-refractivity contribution is 6.55. The summed E-state index contributed by atoms with van der Waals surface area (Å²) < 4.78 is 6.06. The first-order chi connectivity index (χ1) is 7.67. The summed E-state index contributed by atoms with van der Waals surface area (Å²) >= 11 is 0. The maximum Gasteiger partial charge on any atom is 0.182 e. The molecule has 0 aromatic rings. The molecule has 0 amide bonds. The Morgan fingerprint density at radius 3 is 2.44 bits per heavy atom. The molecule has 96 valence electrons. The second kappa shape index (κ2) is 7.49. The predicted octanol–water partition coefficient (Wildman–Crippen LogP) is 4.66. The molecule has 0 aliphatic carbocycles. The number of hydrogen-bond acceptors (Lipinski definition) is 1. The number of hydrogen-bond donors (Lipinski definition) is 0. The lowest BCUT2D eigenvalue weighted by molar-refractivity contribution is 0.263. The Morgan fingerprint density at radius 1 is 1.06 bits per heavy atom. The molecule has 0 spiro atoms. The molecule has 1 nitrogen and oxygen atoms in total. The Labute approximate surface area is 104 Å². The van der Waals surface area contributed by atoms with Gasteiger partial charge in [0.2, 0.25) is 0 Å². The third kappa shape index (κ3) is 5.01. The monoisotopic (exact) mass is 242 g/mol. The van der Waals surface area contributed by atoms with Crippen molar-refractivity contribution in [2.24, 2.45) is 0 Å². The summed E-state index contributed by atoms with van der Waals surface area (Å²) in [6.45, 7) is 8.24. The first kappa shape index (κ1) is 14.2. The van der Waals surface area contributed by atoms with E-state index >= 15 is 0 Å². The van der Waals surface area contributed by atoms with Gasteiger partial charge >= 0.3 is 0 Å². The first-order valence-electron chi connectivity index (χ1n) is 7.28. The summed E-state index contributed by atoms with van der Waals surface area (Å²) in [4.78, 5) is 0. The lowest BCUT2D eigenvalue weighted by Crippen LogP contribution is -2.34. The van der Waals surface area contributed by atoms with Crippen LogP contribution in [0.1, 0.15) is 72.1 Å². The topological polar surface area (TPSA) is 9.23 Å². The summed E-state index contributed by atoms with van der Waals surface area (Å²) in [5.74, 6) is 0. The van der Waals surface area contributed by atoms with Crippen LogP contribution in [0.4, 0.5) is 0 Å². The highest BCUT2D eigenvalue weighted by Crippen LogP contribution is 2.39. The van der Waals surface area contributed by atoms with Crippen LogP contribution >= 0.6 is 0 Å². The van der Waals surface area contributed by atoms with E-state index in [0.29, 0.717) is 5.04 Å². The van der Waals surface area contributed by atoms with E-state index in [0.717, 1.165) is 6.61 Å². The van der Waals surface area contributed by atoms with Gasteiger partial charge in [-0.1, -0.05) is 59.3 Å². The smallest absolute Gasteiger partial charge is 0.182 e. The maximum atomic E-state index is 6.06. The van der Waals surface area contributed by atoms with Crippen molar-refractivity contribution in [2.75, 3.05) is 6.61 Å². The Morgan fingerprint density at radius 2 is 1.81 bits per heavy atom. The van der Waals surface area contributed by atoms with Crippen molar-refractivity contribution < 1.29 is 4.43 Å². The minimum Gasteiger partial charge on any atom is -0.420 e. The zero-order chi connectivity index (χ0) is 11.9. The molecule has 1 rings (SSSR count). The molecule has 2 heteroatoms. The van der Waals surface area contributed by atoms with Gasteiger partial charge in [-0.3, -0.25) is 0 Å². The molecule has 1 heterocycles. The molecule has 0 bridgehead atoms. The van der Waals surface area contributed by atoms with Gasteiger partial charge in [0.15, 0.2) is 9.04 Å². The SMILES string of the molecule is CCCCCCCC(C)(C)[SiH]1CCCCO1. The van der Waals surface area contributed by atoms with Crippen LogP contribution in [-0.2, 0) is 4.43 Å². The average molecular weight is 242 g/mol. The fourth-order valence-corrected chi connectivity index (χ4v) is 5.74. The largest absolute Gasteiger partial charge is 0.420 e. The van der Waals surface area contributed by atoms with Crippen LogP contribution < -0.4 is 0 Å². The van der Waals surface area contributed by atoms with Gasteiger partial charge in [0.25, 0.3) is 0 Å². The molecule has 0 N–H and O–H groups in total. The van der Waals surface area contributed by atoms with Crippen LogP contribution in [-0.4, -0.2) is 15.6 Å². The summed E-state index contributed by atoms with van der Waals surface area (Å²) in [6.07, 6.45) is 11.2. The van der Waals surface area contributed by atoms with Gasteiger partial charge in [-0.15, -0.1) is 0 Å². The molecule has 1 atom stereocenters. The molecule has 0 aromatic carbocycles. The quantitative estimate of drug-likeness (QED) is 0.466. The lowest BCUT2D eigenvalue weighted by atomic mass is 10.0. The van der Waals surface area contributed by atoms with E-state index in [2.05, 4.69) is 20.8 Å². The molecule has 1 aliphatic heterocycles. The van der Waals surface area contributed by atoms with Gasteiger partial charge in [-0.25, -0.2) is 0 Å². The van der Waals surface area contributed by atoms with Crippen LogP contribution in [0, 0.1) is 0 Å². The third-order valence-corrected chi connectivity index (χ3v) is 7.58. The van der Waals surface area contributed by atoms with E-state index in [1.54, 1.807) is 0 Å². The van der Waals surface area contributed by atoms with Crippen molar-refractivity contribution in [1.29, 1.82) is 0 Å². The summed E-state index contributed by atoms with van der Waals surface area (Å²) in [5.41, 5.74) is 0. The van der Waals surface area contributed by atoms with Crippen molar-refractivity contribution in [1.82, 2.24) is 0 Å². The minimum atomic E-state index is -0.894. The fraction of sp³-hybridized carbons (Fsp3) is 1.00. The van der Waals surface area contributed by atoms with Crippen molar-refractivity contribution in [3.63, 3.8) is 0 Å². The highest BCUT2D eigenvalue weighted by atomic mass is 28.3. The zero-order valence-corrected chi connectivity index (χ0v) is 12.7. The Kier molecular flexibility index (Phi) is 6.67. The van der Waals surface area contributed by atoms with Crippen molar-refractivity contribution in [3.8, 4) is 0 Å². The molecular formula is C14H30OSi. The molecule has 0 radical (unpaired) electrons. The van der Waals surface area contributed by atoms with E-state index in [-0.39, 0.29) is 0 Å². The van der Waals surface area contributed by atoms with Gasteiger partial charge in [0, 0.05) is 6.61 Å². The second-order valence-corrected chi connectivity index (χ2v) is 9.46. The van der Waals surface area contributed by atoms with Gasteiger partial charge < -0.3 is 4.43 Å². The Bertz CT molecular complexity index is 174. The first-order valence-corrected chi connectivity index (χ1v) is 9.15. The molecule has 1 saturated heterocycles. The summed E-state index contributed by atoms with van der Waals surface area (Å²) in [6, 6.07) is 1.42. The van der Waals surface area contributed by atoms with Crippen molar-refractivity contribution in [2.45, 2.75) is 83.2 Å². The van der Waals surface area contributed by atoms with Gasteiger partial charge in [0.05, 0.1) is 0 Å². The molecular weight excluding hydrogens is 212 g/mol. The van der Waals surface area contributed by atoms with Crippen LogP contribution in [0.5, 0.6) is 0 Å². The Hall–Kier alpha value is 0.177. The van der Waals surface area contributed by atoms with E-state index in [9.17, 15) is 0 Å². The molecule has 0 aromatic heterocycles. The molecule has 1 fully saturated rings. The van der Waals surface area contributed by atoms with Gasteiger partial charge in [-0.05, 0) is 23.9 Å². The summed E-state index contributed by atoms with van der Waals surface area (Å²) in [7, 11) is -0.894. The Balaban J connectivity index is 2.16. The number of rotatable bonds is 7. The summed E-state index contributed by atoms with van der Waals surface area (Å²) in [5, 5.41) is 0.534. The van der Waals surface area contributed by atoms with Crippen molar-refractivity contribution >= 4 is 9.04 Å². The predicted molar refractivity (Wildman–Crippen MR) is 74.6 cm³/mol. The molecule has 1 aliphatic rings. The number of unbranched alkanes of at least 4 members (excludes halogenated alkanes) is 4. The molecule has 0 saturated carbocycles. The van der Waals surface area contributed by atoms with E-state index in [1.165, 1.54) is 57.4 Å². The average Bonchev–Trinajstić information content (AvgIpc) is 2.30. The van der Waals surface area contributed by atoms with Crippen molar-refractivity contribution in [3.05, 3.63) is 0 Å². The van der Waals surface area contributed by atoms with Crippen LogP contribution in [0.15, 0.2) is 0 Å².